The first-order chi connectivity index (χ1) is 13.4. The fourth-order valence-electron chi connectivity index (χ4n) is 4.22. The number of benzene rings is 1. The van der Waals surface area contributed by atoms with E-state index in [4.69, 9.17) is 4.74 Å². The SMILES string of the molecule is Cl.O=C(CCC1CCNCC1)NCC1(c2cccc(C(F)(F)F)c2)CCOCC1. The van der Waals surface area contributed by atoms with Gasteiger partial charge in [0, 0.05) is 31.6 Å². The summed E-state index contributed by atoms with van der Waals surface area (Å²) in [6, 6.07) is 5.51. The Bertz CT molecular complexity index is 658. The van der Waals surface area contributed by atoms with Crippen LogP contribution in [0.15, 0.2) is 24.3 Å². The van der Waals surface area contributed by atoms with E-state index in [2.05, 4.69) is 10.6 Å². The van der Waals surface area contributed by atoms with Gasteiger partial charge in [0.2, 0.25) is 5.91 Å². The van der Waals surface area contributed by atoms with Crippen LogP contribution in [0.2, 0.25) is 0 Å². The van der Waals surface area contributed by atoms with Crippen LogP contribution in [0.5, 0.6) is 0 Å². The molecule has 4 nitrogen and oxygen atoms in total. The predicted octanol–water partition coefficient (Wildman–Crippen LogP) is 4.07. The Kier molecular flexibility index (Phi) is 8.79. The molecule has 1 aromatic carbocycles. The van der Waals surface area contributed by atoms with Crippen molar-refractivity contribution in [2.24, 2.45) is 5.92 Å². The van der Waals surface area contributed by atoms with E-state index in [9.17, 15) is 18.0 Å². The van der Waals surface area contributed by atoms with Gasteiger partial charge in [-0.05, 0) is 62.7 Å². The molecular formula is C21H30ClF3N2O2. The number of nitrogens with one attached hydrogen (secondary N) is 2. The lowest BCUT2D eigenvalue weighted by atomic mass is 9.73. The molecular weight excluding hydrogens is 405 g/mol. The summed E-state index contributed by atoms with van der Waals surface area (Å²) in [6.07, 6.45) is 0.358. The van der Waals surface area contributed by atoms with Gasteiger partial charge in [-0.2, -0.15) is 13.2 Å². The molecule has 0 atom stereocenters. The zero-order valence-corrected chi connectivity index (χ0v) is 17.3. The van der Waals surface area contributed by atoms with Crippen LogP contribution in [-0.4, -0.2) is 38.8 Å². The van der Waals surface area contributed by atoms with Gasteiger partial charge in [-0.3, -0.25) is 4.79 Å². The number of alkyl halides is 3. The highest BCUT2D eigenvalue weighted by molar-refractivity contribution is 5.85. The van der Waals surface area contributed by atoms with Gasteiger partial charge >= 0.3 is 6.18 Å². The molecule has 2 saturated heterocycles. The number of rotatable bonds is 6. The summed E-state index contributed by atoms with van der Waals surface area (Å²) in [5.41, 5.74) is -0.526. The lowest BCUT2D eigenvalue weighted by Crippen LogP contribution is -2.44. The van der Waals surface area contributed by atoms with E-state index in [1.807, 2.05) is 0 Å². The Hall–Kier alpha value is -1.31. The van der Waals surface area contributed by atoms with E-state index in [0.29, 0.717) is 50.5 Å². The van der Waals surface area contributed by atoms with Crippen molar-refractivity contribution in [1.82, 2.24) is 10.6 Å². The van der Waals surface area contributed by atoms with Crippen LogP contribution in [0.3, 0.4) is 0 Å². The summed E-state index contributed by atoms with van der Waals surface area (Å²) in [5, 5.41) is 6.31. The Labute approximate surface area is 176 Å². The Morgan fingerprint density at radius 2 is 1.90 bits per heavy atom. The van der Waals surface area contributed by atoms with Crippen LogP contribution in [0.4, 0.5) is 13.2 Å². The second-order valence-electron chi connectivity index (χ2n) is 7.98. The van der Waals surface area contributed by atoms with Gasteiger partial charge in [-0.25, -0.2) is 0 Å². The van der Waals surface area contributed by atoms with Crippen LogP contribution >= 0.6 is 12.4 Å². The summed E-state index contributed by atoms with van der Waals surface area (Å²) in [5.74, 6) is 0.559. The van der Waals surface area contributed by atoms with E-state index in [-0.39, 0.29) is 18.3 Å². The van der Waals surface area contributed by atoms with Crippen LogP contribution < -0.4 is 10.6 Å². The van der Waals surface area contributed by atoms with Crippen molar-refractivity contribution in [1.29, 1.82) is 0 Å². The molecule has 2 aliphatic heterocycles. The number of hydrogen-bond acceptors (Lipinski definition) is 3. The van der Waals surface area contributed by atoms with Gasteiger partial charge in [-0.15, -0.1) is 12.4 Å². The highest BCUT2D eigenvalue weighted by Crippen LogP contribution is 2.37. The molecule has 0 spiro atoms. The number of amides is 1. The highest BCUT2D eigenvalue weighted by atomic mass is 35.5. The average molecular weight is 435 g/mol. The zero-order chi connectivity index (χ0) is 20.0. The van der Waals surface area contributed by atoms with Crippen molar-refractivity contribution < 1.29 is 22.7 Å². The number of carbonyl (C=O) groups is 1. The molecule has 1 amide bonds. The van der Waals surface area contributed by atoms with Gasteiger partial charge in [0.25, 0.3) is 0 Å². The molecule has 0 aromatic heterocycles. The second-order valence-corrected chi connectivity index (χ2v) is 7.98. The van der Waals surface area contributed by atoms with Gasteiger partial charge in [0.1, 0.15) is 0 Å². The van der Waals surface area contributed by atoms with E-state index in [1.165, 1.54) is 12.1 Å². The fraction of sp³-hybridized carbons (Fsp3) is 0.667. The molecule has 29 heavy (non-hydrogen) atoms. The summed E-state index contributed by atoms with van der Waals surface area (Å²) in [7, 11) is 0. The molecule has 8 heteroatoms. The maximum absolute atomic E-state index is 13.2. The van der Waals surface area contributed by atoms with Gasteiger partial charge in [0.05, 0.1) is 5.56 Å². The minimum Gasteiger partial charge on any atom is -0.381 e. The number of halogens is 4. The van der Waals surface area contributed by atoms with E-state index >= 15 is 0 Å². The molecule has 0 radical (unpaired) electrons. The number of ether oxygens (including phenoxy) is 1. The Morgan fingerprint density at radius 3 is 2.55 bits per heavy atom. The third kappa shape index (κ3) is 6.59. The minimum atomic E-state index is -4.37. The average Bonchev–Trinajstić information content (AvgIpc) is 2.72. The maximum atomic E-state index is 13.2. The number of carbonyl (C=O) groups excluding carboxylic acids is 1. The van der Waals surface area contributed by atoms with Crippen molar-refractivity contribution in [3.8, 4) is 0 Å². The summed E-state index contributed by atoms with van der Waals surface area (Å²) < 4.78 is 44.9. The van der Waals surface area contributed by atoms with Crippen LogP contribution in [0.1, 0.15) is 49.7 Å². The number of hydrogen-bond donors (Lipinski definition) is 2. The minimum absolute atomic E-state index is 0. The van der Waals surface area contributed by atoms with Gasteiger partial charge in [0.15, 0.2) is 0 Å². The predicted molar refractivity (Wildman–Crippen MR) is 108 cm³/mol. The maximum Gasteiger partial charge on any atom is 0.416 e. The zero-order valence-electron chi connectivity index (χ0n) is 16.5. The first kappa shape index (κ1) is 24.0. The third-order valence-corrected chi connectivity index (χ3v) is 6.11. The lowest BCUT2D eigenvalue weighted by molar-refractivity contribution is -0.137. The van der Waals surface area contributed by atoms with Crippen molar-refractivity contribution in [2.45, 2.75) is 50.1 Å². The van der Waals surface area contributed by atoms with Crippen molar-refractivity contribution in [3.05, 3.63) is 35.4 Å². The molecule has 2 N–H and O–H groups in total. The van der Waals surface area contributed by atoms with Crippen LogP contribution in [-0.2, 0) is 21.1 Å². The first-order valence-corrected chi connectivity index (χ1v) is 10.1. The van der Waals surface area contributed by atoms with Crippen LogP contribution in [0, 0.1) is 5.92 Å². The summed E-state index contributed by atoms with van der Waals surface area (Å²) in [4.78, 5) is 12.4. The van der Waals surface area contributed by atoms with Gasteiger partial charge in [-0.1, -0.05) is 18.2 Å². The normalized spacial score (nSPS) is 20.0. The first-order valence-electron chi connectivity index (χ1n) is 10.1. The van der Waals surface area contributed by atoms with Crippen LogP contribution in [0.25, 0.3) is 0 Å². The molecule has 0 saturated carbocycles. The van der Waals surface area contributed by atoms with E-state index in [1.54, 1.807) is 6.07 Å². The van der Waals surface area contributed by atoms with E-state index < -0.39 is 17.2 Å². The largest absolute Gasteiger partial charge is 0.416 e. The van der Waals surface area contributed by atoms with E-state index in [0.717, 1.165) is 38.4 Å². The lowest BCUT2D eigenvalue weighted by Gasteiger charge is -2.38. The third-order valence-electron chi connectivity index (χ3n) is 6.11. The molecule has 2 fully saturated rings. The Morgan fingerprint density at radius 1 is 1.21 bits per heavy atom. The quantitative estimate of drug-likeness (QED) is 0.709. The van der Waals surface area contributed by atoms with Crippen molar-refractivity contribution in [3.63, 3.8) is 0 Å². The number of piperidine rings is 1. The molecule has 2 heterocycles. The molecule has 2 aliphatic rings. The standard InChI is InChI=1S/C21H29F3N2O2.ClH/c22-21(23,24)18-3-1-2-17(14-18)20(8-12-28-13-9-20)15-26-19(27)5-4-16-6-10-25-11-7-16;/h1-3,14,16,25H,4-13,15H2,(H,26,27);1H. The van der Waals surface area contributed by atoms with Crippen molar-refractivity contribution in [2.75, 3.05) is 32.8 Å². The molecule has 0 unspecified atom stereocenters. The van der Waals surface area contributed by atoms with Gasteiger partial charge < -0.3 is 15.4 Å². The van der Waals surface area contributed by atoms with Crippen molar-refractivity contribution >= 4 is 18.3 Å². The fourth-order valence-corrected chi connectivity index (χ4v) is 4.22. The molecule has 164 valence electrons. The molecule has 0 bridgehead atoms. The molecule has 0 aliphatic carbocycles. The molecule has 3 rings (SSSR count). The molecule has 1 aromatic rings. The summed E-state index contributed by atoms with van der Waals surface area (Å²) in [6.45, 7) is 3.33. The topological polar surface area (TPSA) is 50.4 Å². The summed E-state index contributed by atoms with van der Waals surface area (Å²) >= 11 is 0. The second kappa shape index (κ2) is 10.6. The highest BCUT2D eigenvalue weighted by Gasteiger charge is 2.37. The Balaban J connectivity index is 0.00000300. The smallest absolute Gasteiger partial charge is 0.381 e. The monoisotopic (exact) mass is 434 g/mol.